The predicted molar refractivity (Wildman–Crippen MR) is 125 cm³/mol. The highest BCUT2D eigenvalue weighted by Crippen LogP contribution is 2.31. The standard InChI is InChI=1S/C25H19ClN2O5/c26-18-7-8-19-20(13-18)28(25(31)24(30)27(19)14-16-4-2-1-3-5-16)15-21(29)17-6-9-22-23(12-17)33-11-10-32-22/h1-9,12-13H,10-11,14-15H2. The van der Waals surface area contributed by atoms with Crippen molar-refractivity contribution in [3.63, 3.8) is 0 Å². The normalized spacial score (nSPS) is 12.6. The van der Waals surface area contributed by atoms with Crippen molar-refractivity contribution >= 4 is 28.4 Å². The average Bonchev–Trinajstić information content (AvgIpc) is 2.84. The Kier molecular flexibility index (Phi) is 5.48. The molecule has 5 rings (SSSR count). The van der Waals surface area contributed by atoms with Gasteiger partial charge in [-0.1, -0.05) is 41.9 Å². The topological polar surface area (TPSA) is 79.5 Å². The molecule has 8 heteroatoms. The zero-order valence-electron chi connectivity index (χ0n) is 17.5. The fourth-order valence-corrected chi connectivity index (χ4v) is 4.09. The molecule has 0 aliphatic carbocycles. The van der Waals surface area contributed by atoms with Gasteiger partial charge in [-0.3, -0.25) is 23.5 Å². The molecule has 0 amide bonds. The first-order valence-electron chi connectivity index (χ1n) is 10.4. The summed E-state index contributed by atoms with van der Waals surface area (Å²) in [6, 6.07) is 19.2. The van der Waals surface area contributed by atoms with E-state index in [2.05, 4.69) is 0 Å². The molecule has 2 heterocycles. The van der Waals surface area contributed by atoms with Crippen LogP contribution in [0.2, 0.25) is 5.02 Å². The van der Waals surface area contributed by atoms with Crippen molar-refractivity contribution in [2.45, 2.75) is 13.1 Å². The number of carbonyl (C=O) groups is 1. The summed E-state index contributed by atoms with van der Waals surface area (Å²) in [5.74, 6) is 0.705. The zero-order chi connectivity index (χ0) is 22.9. The lowest BCUT2D eigenvalue weighted by Crippen LogP contribution is -2.42. The number of nitrogens with zero attached hydrogens (tertiary/aromatic N) is 2. The lowest BCUT2D eigenvalue weighted by atomic mass is 10.1. The molecule has 33 heavy (non-hydrogen) atoms. The predicted octanol–water partition coefficient (Wildman–Crippen LogP) is 3.52. The maximum atomic E-state index is 13.1. The molecule has 1 aromatic heterocycles. The number of fused-ring (bicyclic) bond motifs is 2. The van der Waals surface area contributed by atoms with Gasteiger partial charge in [0, 0.05) is 10.6 Å². The van der Waals surface area contributed by atoms with Gasteiger partial charge in [-0.05, 0) is 42.0 Å². The summed E-state index contributed by atoms with van der Waals surface area (Å²) < 4.78 is 13.6. The minimum Gasteiger partial charge on any atom is -0.486 e. The van der Waals surface area contributed by atoms with Gasteiger partial charge in [0.1, 0.15) is 13.2 Å². The molecule has 1 aliphatic heterocycles. The Morgan fingerprint density at radius 3 is 2.33 bits per heavy atom. The lowest BCUT2D eigenvalue weighted by Gasteiger charge is -2.19. The van der Waals surface area contributed by atoms with Crippen molar-refractivity contribution in [2.75, 3.05) is 13.2 Å². The number of benzene rings is 3. The third kappa shape index (κ3) is 4.03. The Hall–Kier alpha value is -3.84. The van der Waals surface area contributed by atoms with E-state index in [4.69, 9.17) is 21.1 Å². The van der Waals surface area contributed by atoms with Gasteiger partial charge in [-0.25, -0.2) is 0 Å². The van der Waals surface area contributed by atoms with Crippen molar-refractivity contribution in [2.24, 2.45) is 0 Å². The van der Waals surface area contributed by atoms with E-state index < -0.39 is 11.1 Å². The van der Waals surface area contributed by atoms with Crippen molar-refractivity contribution in [1.82, 2.24) is 9.13 Å². The monoisotopic (exact) mass is 462 g/mol. The molecule has 0 N–H and O–H groups in total. The van der Waals surface area contributed by atoms with E-state index in [-0.39, 0.29) is 18.9 Å². The molecule has 0 unspecified atom stereocenters. The smallest absolute Gasteiger partial charge is 0.317 e. The molecular weight excluding hydrogens is 444 g/mol. The van der Waals surface area contributed by atoms with Crippen LogP contribution in [0.25, 0.3) is 11.0 Å². The quantitative estimate of drug-likeness (QED) is 0.335. The van der Waals surface area contributed by atoms with Gasteiger partial charge in [0.15, 0.2) is 17.3 Å². The number of ketones is 1. The third-order valence-corrected chi connectivity index (χ3v) is 5.78. The number of aromatic nitrogens is 2. The molecule has 166 valence electrons. The number of halogens is 1. The van der Waals surface area contributed by atoms with Gasteiger partial charge in [-0.15, -0.1) is 0 Å². The lowest BCUT2D eigenvalue weighted by molar-refractivity contribution is 0.0971. The van der Waals surface area contributed by atoms with Crippen molar-refractivity contribution < 1.29 is 14.3 Å². The highest BCUT2D eigenvalue weighted by molar-refractivity contribution is 6.31. The molecule has 0 radical (unpaired) electrons. The van der Waals surface area contributed by atoms with Crippen LogP contribution >= 0.6 is 11.6 Å². The van der Waals surface area contributed by atoms with Crippen molar-refractivity contribution in [3.8, 4) is 11.5 Å². The minimum atomic E-state index is -0.786. The van der Waals surface area contributed by atoms with E-state index in [1.807, 2.05) is 30.3 Å². The van der Waals surface area contributed by atoms with Crippen molar-refractivity contribution in [1.29, 1.82) is 0 Å². The SMILES string of the molecule is O=C(Cn1c(=O)c(=O)n(Cc2ccccc2)c2ccc(Cl)cc21)c1ccc2c(c1)OCCO2. The molecule has 0 spiro atoms. The van der Waals surface area contributed by atoms with E-state index in [1.54, 1.807) is 36.4 Å². The summed E-state index contributed by atoms with van der Waals surface area (Å²) in [5, 5.41) is 0.396. The Morgan fingerprint density at radius 2 is 1.55 bits per heavy atom. The Balaban J connectivity index is 1.59. The molecule has 0 saturated carbocycles. The van der Waals surface area contributed by atoms with Crippen LogP contribution in [0.4, 0.5) is 0 Å². The summed E-state index contributed by atoms with van der Waals surface area (Å²) in [4.78, 5) is 39.2. The largest absolute Gasteiger partial charge is 0.486 e. The Labute approximate surface area is 193 Å². The second-order valence-corrected chi connectivity index (χ2v) is 8.12. The first-order valence-corrected chi connectivity index (χ1v) is 10.8. The van der Waals surface area contributed by atoms with E-state index in [0.29, 0.717) is 46.3 Å². The van der Waals surface area contributed by atoms with Crippen LogP contribution in [0, 0.1) is 0 Å². The van der Waals surface area contributed by atoms with Crippen LogP contribution in [-0.2, 0) is 13.1 Å². The molecule has 0 atom stereocenters. The van der Waals surface area contributed by atoms with E-state index in [1.165, 1.54) is 9.13 Å². The maximum Gasteiger partial charge on any atom is 0.317 e. The molecule has 1 aliphatic rings. The van der Waals surface area contributed by atoms with E-state index >= 15 is 0 Å². The summed E-state index contributed by atoms with van der Waals surface area (Å²) in [6.07, 6.45) is 0. The number of Topliss-reactive ketones (excluding diaryl/α,β-unsaturated/α-hetero) is 1. The summed E-state index contributed by atoms with van der Waals surface area (Å²) in [6.45, 7) is 0.759. The first kappa shape index (κ1) is 21.0. The highest BCUT2D eigenvalue weighted by Gasteiger charge is 2.19. The van der Waals surface area contributed by atoms with Crippen LogP contribution in [0.5, 0.6) is 11.5 Å². The van der Waals surface area contributed by atoms with Gasteiger partial charge >= 0.3 is 11.1 Å². The van der Waals surface area contributed by atoms with Gasteiger partial charge in [0.05, 0.1) is 24.1 Å². The van der Waals surface area contributed by atoms with E-state index in [9.17, 15) is 14.4 Å². The molecule has 0 bridgehead atoms. The van der Waals surface area contributed by atoms with Crippen molar-refractivity contribution in [3.05, 3.63) is 104 Å². The average molecular weight is 463 g/mol. The molecule has 0 saturated heterocycles. The highest BCUT2D eigenvalue weighted by atomic mass is 35.5. The van der Waals surface area contributed by atoms with Gasteiger partial charge < -0.3 is 9.47 Å². The Bertz CT molecular complexity index is 1490. The number of hydrogen-bond acceptors (Lipinski definition) is 5. The zero-order valence-corrected chi connectivity index (χ0v) is 18.2. The fraction of sp³-hybridized carbons (Fsp3) is 0.160. The molecule has 0 fully saturated rings. The number of ether oxygens (including phenoxy) is 2. The van der Waals surface area contributed by atoms with Gasteiger partial charge in [-0.2, -0.15) is 0 Å². The minimum absolute atomic E-state index is 0.226. The fourth-order valence-electron chi connectivity index (χ4n) is 3.92. The summed E-state index contributed by atoms with van der Waals surface area (Å²) in [7, 11) is 0. The van der Waals surface area contributed by atoms with Crippen LogP contribution in [0.15, 0.2) is 76.3 Å². The molecule has 4 aromatic rings. The molecule has 7 nitrogen and oxygen atoms in total. The second-order valence-electron chi connectivity index (χ2n) is 7.68. The maximum absolute atomic E-state index is 13.1. The van der Waals surface area contributed by atoms with Crippen LogP contribution in [0.3, 0.4) is 0 Å². The third-order valence-electron chi connectivity index (χ3n) is 5.54. The van der Waals surface area contributed by atoms with Gasteiger partial charge in [0.25, 0.3) is 0 Å². The molecular formula is C25H19ClN2O5. The number of rotatable bonds is 5. The van der Waals surface area contributed by atoms with Crippen LogP contribution in [-0.4, -0.2) is 28.1 Å². The van der Waals surface area contributed by atoms with Crippen LogP contribution in [0.1, 0.15) is 15.9 Å². The summed E-state index contributed by atoms with van der Waals surface area (Å²) in [5.41, 5.74) is 0.669. The Morgan fingerprint density at radius 1 is 0.818 bits per heavy atom. The first-order chi connectivity index (χ1) is 16.0. The number of hydrogen-bond donors (Lipinski definition) is 0. The van der Waals surface area contributed by atoms with Gasteiger partial charge in [0.2, 0.25) is 0 Å². The molecule has 3 aromatic carbocycles. The summed E-state index contributed by atoms with van der Waals surface area (Å²) >= 11 is 6.21. The number of carbonyl (C=O) groups excluding carboxylic acids is 1. The second kappa shape index (κ2) is 8.60. The van der Waals surface area contributed by atoms with Crippen LogP contribution < -0.4 is 20.6 Å². The van der Waals surface area contributed by atoms with E-state index in [0.717, 1.165) is 5.56 Å².